The van der Waals surface area contributed by atoms with Crippen LogP contribution in [0.25, 0.3) is 76.8 Å². The number of para-hydroxylation sites is 3. The van der Waals surface area contributed by atoms with Crippen molar-refractivity contribution in [2.24, 2.45) is 0 Å². The highest BCUT2D eigenvalue weighted by Gasteiger charge is 2.20. The second-order valence-electron chi connectivity index (χ2n) is 10.7. The van der Waals surface area contributed by atoms with E-state index in [2.05, 4.69) is 15.0 Å². The Bertz CT molecular complexity index is 4490. The summed E-state index contributed by atoms with van der Waals surface area (Å²) >= 11 is 0. The molecular weight excluding hydrogens is 621 g/mol. The molecule has 0 aliphatic carbocycles. The van der Waals surface area contributed by atoms with Gasteiger partial charge in [-0.1, -0.05) is 115 Å². The summed E-state index contributed by atoms with van der Waals surface area (Å²) in [5, 5.41) is -3.76. The van der Waals surface area contributed by atoms with E-state index >= 15 is 0 Å². The van der Waals surface area contributed by atoms with Crippen molar-refractivity contribution in [2.75, 3.05) is 4.90 Å². The average Bonchev–Trinajstić information content (AvgIpc) is 3.14. The summed E-state index contributed by atoms with van der Waals surface area (Å²) in [4.78, 5) is 13.9. The molecule has 7 aromatic carbocycles. The Morgan fingerprint density at radius 3 is 2.02 bits per heavy atom. The number of anilines is 3. The predicted molar refractivity (Wildman–Crippen MR) is 213 cm³/mol. The molecule has 0 fully saturated rings. The van der Waals surface area contributed by atoms with Gasteiger partial charge >= 0.3 is 0 Å². The van der Waals surface area contributed by atoms with Crippen LogP contribution in [0.5, 0.6) is 0 Å². The van der Waals surface area contributed by atoms with Crippen LogP contribution in [-0.2, 0) is 0 Å². The molecule has 0 atom stereocenters. The van der Waals surface area contributed by atoms with Gasteiger partial charge in [0, 0.05) is 61.3 Å². The van der Waals surface area contributed by atoms with Gasteiger partial charge < -0.3 is 4.90 Å². The number of hydrogen-bond donors (Lipinski definition) is 0. The monoisotopic (exact) mass is 678 g/mol. The van der Waals surface area contributed by atoms with Crippen LogP contribution < -0.4 is 4.90 Å². The first-order valence-corrected chi connectivity index (χ1v) is 14.9. The largest absolute Gasteiger partial charge is 0.311 e. The van der Waals surface area contributed by atoms with Gasteiger partial charge in [-0.2, -0.15) is 0 Å². The lowest BCUT2D eigenvalue weighted by Crippen LogP contribution is -2.09. The number of rotatable bonds is 5. The van der Waals surface area contributed by atoms with E-state index in [1.54, 1.807) is 0 Å². The molecule has 3 aromatic heterocycles. The van der Waals surface area contributed by atoms with Crippen molar-refractivity contribution >= 4 is 71.3 Å². The molecule has 51 heavy (non-hydrogen) atoms. The van der Waals surface area contributed by atoms with Crippen molar-refractivity contribution in [3.63, 3.8) is 0 Å². The van der Waals surface area contributed by atoms with Crippen molar-refractivity contribution in [3.8, 4) is 22.5 Å². The lowest BCUT2D eigenvalue weighted by atomic mass is 9.90. The van der Waals surface area contributed by atoms with Crippen LogP contribution in [0.15, 0.2) is 181 Å². The molecule has 0 aliphatic heterocycles. The summed E-state index contributed by atoms with van der Waals surface area (Å²) in [6.07, 6.45) is -0.778. The molecule has 0 saturated carbocycles. The SMILES string of the molecule is [2H]c1cc(N(c2c([2H])c([2H])c([2H])c([2H])c2[2H])c2c([2H])c([2H])c(-c3nc4c([2H])c([2H])c([2H])c([2H])c4c4c3c(-c3cc([2H])c5c([2H])c([2H])c6c([2H])c([2H])c([2H])nc6c5n3)c([2H])c3c([2H])c([2H])c([2H])c([2H])c34)c([2H])c2[2H])c([2H])c([2H])c1[2H]. The third-order valence-corrected chi connectivity index (χ3v) is 7.89. The molecule has 4 heteroatoms. The van der Waals surface area contributed by atoms with Crippen LogP contribution in [0.2, 0.25) is 0 Å². The van der Waals surface area contributed by atoms with Crippen LogP contribution in [0.4, 0.5) is 17.1 Å². The van der Waals surface area contributed by atoms with Gasteiger partial charge in [0.1, 0.15) is 0 Å². The molecular formula is C47H30N4. The number of aromatic nitrogens is 3. The van der Waals surface area contributed by atoms with Gasteiger partial charge in [0.2, 0.25) is 0 Å². The van der Waals surface area contributed by atoms with E-state index in [4.69, 9.17) is 26.0 Å². The van der Waals surface area contributed by atoms with Crippen LogP contribution >= 0.6 is 0 Å². The Morgan fingerprint density at radius 2 is 1.16 bits per heavy atom. The fraction of sp³-hybridized carbons (Fsp3) is 0. The minimum absolute atomic E-state index is 0.385. The van der Waals surface area contributed by atoms with Gasteiger partial charge in [-0.05, 0) is 71.2 Å². The minimum atomic E-state index is -1.16. The third kappa shape index (κ3) is 4.88. The number of hydrogen-bond acceptors (Lipinski definition) is 4. The fourth-order valence-electron chi connectivity index (χ4n) is 5.75. The van der Waals surface area contributed by atoms with Gasteiger partial charge in [0.15, 0.2) is 0 Å². The Labute approximate surface area is 334 Å². The molecule has 10 rings (SSSR count). The molecule has 238 valence electrons. The summed E-state index contributed by atoms with van der Waals surface area (Å²) in [5.41, 5.74) is -7.01. The van der Waals surface area contributed by atoms with Gasteiger partial charge in [-0.15, -0.1) is 0 Å². The second-order valence-corrected chi connectivity index (χ2v) is 10.7. The van der Waals surface area contributed by atoms with Crippen molar-refractivity contribution < 1.29 is 38.4 Å². The van der Waals surface area contributed by atoms with Crippen molar-refractivity contribution in [3.05, 3.63) is 181 Å². The standard InChI is InChI=1S/C47H30N4/c1-3-14-35(15-4-1)51(36-16-5-2-6-17-36)37-26-23-32(24-27-37)45-44-40(42-28-25-33-22-21-31-13-11-29-48-46(31)47(33)50-42)30-34-12-7-8-18-38(34)43(44)39-19-9-10-20-41(39)49-45/h1-30H/i1D,2D,3D,4D,5D,6D,7D,8D,9D,10D,11D,12D,13D,14D,15D,16D,18D,19D,20D,21D,22D,23D,24D,25D,26D,27D,29D,30D. The minimum Gasteiger partial charge on any atom is -0.311 e. The molecule has 0 N–H and O–H groups in total. The third-order valence-electron chi connectivity index (χ3n) is 7.89. The first-order valence-electron chi connectivity index (χ1n) is 28.9. The average molecular weight is 679 g/mol. The number of nitrogens with zero attached hydrogens (tertiary/aromatic N) is 4. The predicted octanol–water partition coefficient (Wildman–Crippen LogP) is 12.4. The maximum absolute atomic E-state index is 9.94. The molecule has 0 aliphatic rings. The van der Waals surface area contributed by atoms with Gasteiger partial charge in [-0.25, -0.2) is 9.97 Å². The zero-order valence-electron chi connectivity index (χ0n) is 53.4. The number of fused-ring (bicyclic) bond motifs is 8. The normalized spacial score (nSPS) is 19.2. The Morgan fingerprint density at radius 1 is 0.471 bits per heavy atom. The van der Waals surface area contributed by atoms with Crippen molar-refractivity contribution in [1.82, 2.24) is 15.0 Å². The molecule has 0 radical (unpaired) electrons. The quantitative estimate of drug-likeness (QED) is 0.170. The van der Waals surface area contributed by atoms with E-state index in [9.17, 15) is 12.3 Å². The number of pyridine rings is 3. The topological polar surface area (TPSA) is 41.9 Å². The maximum atomic E-state index is 9.94. The zero-order valence-corrected chi connectivity index (χ0v) is 25.4. The highest BCUT2D eigenvalue weighted by molar-refractivity contribution is 6.26. The van der Waals surface area contributed by atoms with Crippen LogP contribution in [0.3, 0.4) is 0 Å². The number of benzene rings is 7. The van der Waals surface area contributed by atoms with Gasteiger partial charge in [0.05, 0.1) is 66.3 Å². The molecule has 0 spiro atoms. The molecule has 3 heterocycles. The molecule has 0 saturated heterocycles. The van der Waals surface area contributed by atoms with E-state index in [1.165, 1.54) is 0 Å². The Balaban J connectivity index is 1.48. The van der Waals surface area contributed by atoms with E-state index in [1.807, 2.05) is 0 Å². The molecule has 0 bridgehead atoms. The fourth-order valence-corrected chi connectivity index (χ4v) is 5.75. The zero-order chi connectivity index (χ0) is 58.1. The Kier molecular flexibility index (Phi) is 2.91. The summed E-state index contributed by atoms with van der Waals surface area (Å²) in [6.45, 7) is 0. The summed E-state index contributed by atoms with van der Waals surface area (Å²) in [7, 11) is 0. The summed E-state index contributed by atoms with van der Waals surface area (Å²) < 4.78 is 250. The lowest BCUT2D eigenvalue weighted by Gasteiger charge is -2.25. The molecule has 0 unspecified atom stereocenters. The van der Waals surface area contributed by atoms with E-state index < -0.39 is 258 Å². The van der Waals surface area contributed by atoms with Crippen LogP contribution in [0.1, 0.15) is 38.4 Å². The lowest BCUT2D eigenvalue weighted by molar-refractivity contribution is 1.28. The highest BCUT2D eigenvalue weighted by atomic mass is 15.1. The Hall–Kier alpha value is -6.91. The summed E-state index contributed by atoms with van der Waals surface area (Å²) in [5.74, 6) is 0. The van der Waals surface area contributed by atoms with Crippen LogP contribution in [-0.4, -0.2) is 15.0 Å². The molecule has 0 amide bonds. The summed E-state index contributed by atoms with van der Waals surface area (Å²) in [6, 6.07) is -22.5. The van der Waals surface area contributed by atoms with Crippen molar-refractivity contribution in [2.45, 2.75) is 0 Å². The van der Waals surface area contributed by atoms with E-state index in [0.29, 0.717) is 4.90 Å². The highest BCUT2D eigenvalue weighted by Crippen LogP contribution is 2.44. The molecule has 4 nitrogen and oxygen atoms in total. The van der Waals surface area contributed by atoms with Gasteiger partial charge in [0.25, 0.3) is 0 Å². The smallest absolute Gasteiger partial charge is 0.0972 e. The van der Waals surface area contributed by atoms with Gasteiger partial charge in [-0.3, -0.25) is 4.98 Å². The maximum Gasteiger partial charge on any atom is 0.0972 e. The van der Waals surface area contributed by atoms with Crippen LogP contribution in [0, 0.1) is 0 Å². The molecule has 10 aromatic rings. The first-order chi connectivity index (χ1) is 36.9. The first kappa shape index (κ1) is 12.4. The second kappa shape index (κ2) is 11.9. The van der Waals surface area contributed by atoms with Crippen molar-refractivity contribution in [1.29, 1.82) is 0 Å². The van der Waals surface area contributed by atoms with E-state index in [0.717, 1.165) is 12.1 Å². The van der Waals surface area contributed by atoms with E-state index in [-0.39, 0.29) is 5.39 Å².